The maximum Gasteiger partial charge on any atom is 0.227 e. The van der Waals surface area contributed by atoms with Crippen molar-refractivity contribution in [1.82, 2.24) is 20.4 Å². The zero-order valence-electron chi connectivity index (χ0n) is 19.4. The predicted molar refractivity (Wildman–Crippen MR) is 127 cm³/mol. The normalized spacial score (nSPS) is 14.8. The molecule has 0 atom stereocenters. The van der Waals surface area contributed by atoms with E-state index in [9.17, 15) is 4.79 Å². The van der Waals surface area contributed by atoms with Gasteiger partial charge in [-0.3, -0.25) is 9.69 Å². The van der Waals surface area contributed by atoms with E-state index >= 15 is 0 Å². The summed E-state index contributed by atoms with van der Waals surface area (Å²) in [5.41, 5.74) is 3.53. The Morgan fingerprint density at radius 2 is 1.97 bits per heavy atom. The Morgan fingerprint density at radius 1 is 1.18 bits per heavy atom. The molecule has 1 saturated heterocycles. The largest absolute Gasteiger partial charge is 0.497 e. The van der Waals surface area contributed by atoms with Crippen molar-refractivity contribution in [2.75, 3.05) is 26.7 Å². The first kappa shape index (κ1) is 23.0. The molecule has 0 bridgehead atoms. The average molecular weight is 449 g/mol. The number of amides is 1. The summed E-state index contributed by atoms with van der Waals surface area (Å²) in [6.45, 7) is 6.02. The van der Waals surface area contributed by atoms with Crippen molar-refractivity contribution in [3.63, 3.8) is 0 Å². The van der Waals surface area contributed by atoms with E-state index in [4.69, 9.17) is 9.26 Å². The number of carbonyl (C=O) groups excluding carboxylic acids is 1. The van der Waals surface area contributed by atoms with Gasteiger partial charge in [-0.2, -0.15) is 4.98 Å². The van der Waals surface area contributed by atoms with Crippen molar-refractivity contribution in [2.24, 2.45) is 5.92 Å². The Kier molecular flexibility index (Phi) is 7.73. The second kappa shape index (κ2) is 11.1. The van der Waals surface area contributed by atoms with Gasteiger partial charge in [-0.1, -0.05) is 35.0 Å². The number of nitrogens with one attached hydrogen (secondary N) is 1. The molecular formula is C26H32N4O3. The summed E-state index contributed by atoms with van der Waals surface area (Å²) < 4.78 is 10.5. The number of piperidine rings is 1. The predicted octanol–water partition coefficient (Wildman–Crippen LogP) is 4.01. The van der Waals surface area contributed by atoms with Gasteiger partial charge >= 0.3 is 0 Å². The molecule has 33 heavy (non-hydrogen) atoms. The van der Waals surface area contributed by atoms with Gasteiger partial charge in [-0.25, -0.2) is 0 Å². The molecule has 7 nitrogen and oxygen atoms in total. The summed E-state index contributed by atoms with van der Waals surface area (Å²) in [5.74, 6) is 2.33. The molecule has 3 aromatic rings. The number of likely N-dealkylation sites (tertiary alicyclic amines) is 1. The van der Waals surface area contributed by atoms with Crippen LogP contribution >= 0.6 is 0 Å². The summed E-state index contributed by atoms with van der Waals surface area (Å²) in [6, 6.07) is 16.2. The number of hydrogen-bond donors (Lipinski definition) is 1. The second-order valence-electron chi connectivity index (χ2n) is 8.75. The molecule has 1 fully saturated rings. The van der Waals surface area contributed by atoms with Gasteiger partial charge in [-0.15, -0.1) is 0 Å². The second-order valence-corrected chi connectivity index (χ2v) is 8.75. The van der Waals surface area contributed by atoms with Crippen LogP contribution in [0.2, 0.25) is 0 Å². The van der Waals surface area contributed by atoms with Gasteiger partial charge in [-0.05, 0) is 68.6 Å². The lowest BCUT2D eigenvalue weighted by molar-refractivity contribution is -0.121. The minimum atomic E-state index is 0.0291. The van der Waals surface area contributed by atoms with E-state index in [0.717, 1.165) is 50.3 Å². The Hall–Kier alpha value is -3.19. The summed E-state index contributed by atoms with van der Waals surface area (Å²) in [7, 11) is 1.63. The molecule has 4 rings (SSSR count). The van der Waals surface area contributed by atoms with E-state index in [2.05, 4.69) is 51.5 Å². The minimum absolute atomic E-state index is 0.0291. The van der Waals surface area contributed by atoms with E-state index in [1.54, 1.807) is 7.11 Å². The number of hydrogen-bond acceptors (Lipinski definition) is 6. The monoisotopic (exact) mass is 448 g/mol. The lowest BCUT2D eigenvalue weighted by Crippen LogP contribution is -2.38. The van der Waals surface area contributed by atoms with Crippen molar-refractivity contribution in [3.05, 3.63) is 65.5 Å². The van der Waals surface area contributed by atoms with Crippen LogP contribution in [0, 0.1) is 12.8 Å². The molecule has 174 valence electrons. The van der Waals surface area contributed by atoms with Gasteiger partial charge in [0.25, 0.3) is 0 Å². The van der Waals surface area contributed by atoms with Gasteiger partial charge < -0.3 is 14.6 Å². The highest BCUT2D eigenvalue weighted by atomic mass is 16.5. The highest BCUT2D eigenvalue weighted by Gasteiger charge is 2.20. The van der Waals surface area contributed by atoms with E-state index < -0.39 is 0 Å². The molecule has 0 aliphatic carbocycles. The van der Waals surface area contributed by atoms with Crippen molar-refractivity contribution in [1.29, 1.82) is 0 Å². The van der Waals surface area contributed by atoms with E-state index in [0.29, 0.717) is 30.5 Å². The smallest absolute Gasteiger partial charge is 0.227 e. The SMILES string of the molecule is COc1ccc(-c2noc(CCC(=O)NCC3CCN(Cc4cccc(C)c4)CC3)n2)cc1. The van der Waals surface area contributed by atoms with Crippen LogP contribution in [0.1, 0.15) is 36.3 Å². The Bertz CT molecular complexity index is 1040. The third-order valence-corrected chi connectivity index (χ3v) is 6.17. The van der Waals surface area contributed by atoms with Crippen LogP contribution in [0.4, 0.5) is 0 Å². The summed E-state index contributed by atoms with van der Waals surface area (Å²) in [6.07, 6.45) is 3.00. The van der Waals surface area contributed by atoms with Crippen molar-refractivity contribution in [3.8, 4) is 17.1 Å². The fraction of sp³-hybridized carbons (Fsp3) is 0.423. The highest BCUT2D eigenvalue weighted by molar-refractivity contribution is 5.76. The maximum absolute atomic E-state index is 12.3. The standard InChI is InChI=1S/C26H32N4O3/c1-19-4-3-5-21(16-19)18-30-14-12-20(13-15-30)17-27-24(31)10-11-25-28-26(29-33-25)22-6-8-23(32-2)9-7-22/h3-9,16,20H,10-15,17-18H2,1-2H3,(H,27,31). The molecule has 7 heteroatoms. The molecule has 2 heterocycles. The quantitative estimate of drug-likeness (QED) is 0.533. The Balaban J connectivity index is 1.15. The molecule has 1 amide bonds. The van der Waals surface area contributed by atoms with Crippen LogP contribution < -0.4 is 10.1 Å². The van der Waals surface area contributed by atoms with E-state index in [1.165, 1.54) is 11.1 Å². The van der Waals surface area contributed by atoms with Crippen LogP contribution in [0.25, 0.3) is 11.4 Å². The van der Waals surface area contributed by atoms with Gasteiger partial charge in [0.15, 0.2) is 0 Å². The molecule has 0 unspecified atom stereocenters. The van der Waals surface area contributed by atoms with Crippen LogP contribution in [-0.4, -0.2) is 47.7 Å². The Morgan fingerprint density at radius 3 is 2.70 bits per heavy atom. The fourth-order valence-corrected chi connectivity index (χ4v) is 4.20. The maximum atomic E-state index is 12.3. The number of ether oxygens (including phenoxy) is 1. The molecular weight excluding hydrogens is 416 g/mol. The first-order chi connectivity index (χ1) is 16.1. The van der Waals surface area contributed by atoms with Crippen molar-refractivity contribution >= 4 is 5.91 Å². The summed E-state index contributed by atoms with van der Waals surface area (Å²) in [5, 5.41) is 7.10. The van der Waals surface area contributed by atoms with E-state index in [-0.39, 0.29) is 5.91 Å². The number of nitrogens with zero attached hydrogens (tertiary/aromatic N) is 3. The number of benzene rings is 2. The van der Waals surface area contributed by atoms with Crippen molar-refractivity contribution in [2.45, 2.75) is 39.2 Å². The molecule has 1 aromatic heterocycles. The molecule has 0 radical (unpaired) electrons. The summed E-state index contributed by atoms with van der Waals surface area (Å²) in [4.78, 5) is 19.2. The molecule has 0 saturated carbocycles. The molecule has 1 aliphatic heterocycles. The Labute approximate surface area is 195 Å². The lowest BCUT2D eigenvalue weighted by atomic mass is 9.96. The average Bonchev–Trinajstić information content (AvgIpc) is 3.31. The zero-order valence-corrected chi connectivity index (χ0v) is 19.4. The van der Waals surface area contributed by atoms with Crippen LogP contribution in [-0.2, 0) is 17.8 Å². The van der Waals surface area contributed by atoms with E-state index in [1.807, 2.05) is 24.3 Å². The molecule has 0 spiro atoms. The first-order valence-corrected chi connectivity index (χ1v) is 11.6. The number of methoxy groups -OCH3 is 1. The minimum Gasteiger partial charge on any atom is -0.497 e. The molecule has 1 N–H and O–H groups in total. The van der Waals surface area contributed by atoms with Crippen LogP contribution in [0.15, 0.2) is 53.1 Å². The van der Waals surface area contributed by atoms with Gasteiger partial charge in [0, 0.05) is 31.5 Å². The lowest BCUT2D eigenvalue weighted by Gasteiger charge is -2.32. The number of rotatable bonds is 9. The van der Waals surface area contributed by atoms with Crippen LogP contribution in [0.3, 0.4) is 0 Å². The highest BCUT2D eigenvalue weighted by Crippen LogP contribution is 2.21. The third kappa shape index (κ3) is 6.65. The van der Waals surface area contributed by atoms with Gasteiger partial charge in [0.05, 0.1) is 7.11 Å². The van der Waals surface area contributed by atoms with Crippen molar-refractivity contribution < 1.29 is 14.1 Å². The molecule has 1 aliphatic rings. The number of carbonyl (C=O) groups is 1. The summed E-state index contributed by atoms with van der Waals surface area (Å²) >= 11 is 0. The first-order valence-electron chi connectivity index (χ1n) is 11.6. The third-order valence-electron chi connectivity index (χ3n) is 6.17. The van der Waals surface area contributed by atoms with Gasteiger partial charge in [0.1, 0.15) is 5.75 Å². The van der Waals surface area contributed by atoms with Crippen LogP contribution in [0.5, 0.6) is 5.75 Å². The van der Waals surface area contributed by atoms with Gasteiger partial charge in [0.2, 0.25) is 17.6 Å². The topological polar surface area (TPSA) is 80.5 Å². The number of aryl methyl sites for hydroxylation is 2. The fourth-order valence-electron chi connectivity index (χ4n) is 4.20. The number of aromatic nitrogens is 2. The molecule has 2 aromatic carbocycles. The zero-order chi connectivity index (χ0) is 23.0.